The predicted octanol–water partition coefficient (Wildman–Crippen LogP) is 7.63. The van der Waals surface area contributed by atoms with Crippen LogP contribution in [0.4, 0.5) is 5.69 Å². The van der Waals surface area contributed by atoms with Gasteiger partial charge in [-0.25, -0.2) is 4.98 Å². The number of thioether (sulfide) groups is 1. The fourth-order valence-corrected chi connectivity index (χ4v) is 4.46. The fourth-order valence-electron chi connectivity index (χ4n) is 3.36. The molecule has 1 amide bonds. The highest BCUT2D eigenvalue weighted by Crippen LogP contribution is 2.34. The van der Waals surface area contributed by atoms with Crippen molar-refractivity contribution in [1.29, 1.82) is 5.26 Å². The number of carbonyl (C=O) groups is 1. The summed E-state index contributed by atoms with van der Waals surface area (Å²) in [4.78, 5) is 17.4. The second-order valence-corrected chi connectivity index (χ2v) is 9.32. The minimum Gasteiger partial charge on any atom is -0.325 e. The summed E-state index contributed by atoms with van der Waals surface area (Å²) in [6, 6.07) is 26.9. The van der Waals surface area contributed by atoms with Crippen molar-refractivity contribution in [2.75, 3.05) is 11.1 Å². The van der Waals surface area contributed by atoms with E-state index in [1.54, 1.807) is 18.2 Å². The van der Waals surface area contributed by atoms with Gasteiger partial charge in [-0.2, -0.15) is 5.26 Å². The molecule has 4 aromatic rings. The van der Waals surface area contributed by atoms with Crippen molar-refractivity contribution in [2.24, 2.45) is 0 Å². The van der Waals surface area contributed by atoms with Crippen LogP contribution in [-0.4, -0.2) is 16.6 Å². The van der Waals surface area contributed by atoms with E-state index in [1.165, 1.54) is 11.8 Å². The zero-order valence-corrected chi connectivity index (χ0v) is 20.5. The maximum atomic E-state index is 12.6. The van der Waals surface area contributed by atoms with E-state index in [0.29, 0.717) is 26.3 Å². The number of nitrogens with zero attached hydrogens (tertiary/aromatic N) is 2. The lowest BCUT2D eigenvalue weighted by Crippen LogP contribution is -2.14. The van der Waals surface area contributed by atoms with Gasteiger partial charge in [0.2, 0.25) is 5.91 Å². The molecule has 0 aliphatic heterocycles. The van der Waals surface area contributed by atoms with Crippen LogP contribution in [0.5, 0.6) is 0 Å². The summed E-state index contributed by atoms with van der Waals surface area (Å²) in [7, 11) is 0. The Balaban J connectivity index is 1.66. The molecule has 1 aromatic heterocycles. The Bertz CT molecular complexity index is 1380. The lowest BCUT2D eigenvalue weighted by molar-refractivity contribution is -0.113. The van der Waals surface area contributed by atoms with Crippen LogP contribution in [0.2, 0.25) is 10.0 Å². The molecule has 1 N–H and O–H groups in total. The number of nitrogens with one attached hydrogen (secondary N) is 1. The zero-order valence-electron chi connectivity index (χ0n) is 18.2. The Morgan fingerprint density at radius 3 is 2.38 bits per heavy atom. The van der Waals surface area contributed by atoms with Gasteiger partial charge in [-0.05, 0) is 36.8 Å². The van der Waals surface area contributed by atoms with Crippen LogP contribution in [0.15, 0.2) is 83.9 Å². The maximum Gasteiger partial charge on any atom is 0.234 e. The summed E-state index contributed by atoms with van der Waals surface area (Å²) in [5, 5.41) is 14.1. The third kappa shape index (κ3) is 5.60. The molecular weight excluding hydrogens is 485 g/mol. The highest BCUT2D eigenvalue weighted by Gasteiger charge is 2.17. The lowest BCUT2D eigenvalue weighted by atomic mass is 9.99. The summed E-state index contributed by atoms with van der Waals surface area (Å²) in [6.07, 6.45) is 0. The number of pyridine rings is 1. The van der Waals surface area contributed by atoms with Crippen molar-refractivity contribution in [3.63, 3.8) is 0 Å². The Morgan fingerprint density at radius 1 is 0.971 bits per heavy atom. The number of benzene rings is 3. The van der Waals surface area contributed by atoms with Crippen LogP contribution < -0.4 is 5.32 Å². The average Bonchev–Trinajstić information content (AvgIpc) is 2.85. The first kappa shape index (κ1) is 23.8. The normalized spacial score (nSPS) is 10.5. The number of amides is 1. The molecule has 4 rings (SSSR count). The summed E-state index contributed by atoms with van der Waals surface area (Å²) in [6.45, 7) is 2.03. The van der Waals surface area contributed by atoms with Gasteiger partial charge in [-0.3, -0.25) is 4.79 Å². The van der Waals surface area contributed by atoms with Crippen LogP contribution >= 0.6 is 35.0 Å². The van der Waals surface area contributed by atoms with Gasteiger partial charge in [0.25, 0.3) is 0 Å². The number of nitriles is 1. The van der Waals surface area contributed by atoms with Crippen LogP contribution in [-0.2, 0) is 4.79 Å². The Labute approximate surface area is 212 Å². The number of carbonyl (C=O) groups excluding carboxylic acids is 1. The summed E-state index contributed by atoms with van der Waals surface area (Å²) >= 11 is 13.2. The van der Waals surface area contributed by atoms with Gasteiger partial charge < -0.3 is 5.32 Å². The van der Waals surface area contributed by atoms with E-state index in [2.05, 4.69) is 11.4 Å². The second kappa shape index (κ2) is 10.8. The molecule has 7 heteroatoms. The number of halogens is 2. The number of hydrogen-bond donors (Lipinski definition) is 1. The molecule has 0 aliphatic rings. The molecule has 0 bridgehead atoms. The number of anilines is 1. The quantitative estimate of drug-likeness (QED) is 0.274. The van der Waals surface area contributed by atoms with Crippen LogP contribution in [0, 0.1) is 18.3 Å². The van der Waals surface area contributed by atoms with Crippen molar-refractivity contribution >= 4 is 46.6 Å². The minimum atomic E-state index is -0.240. The highest BCUT2D eigenvalue weighted by atomic mass is 35.5. The Kier molecular flexibility index (Phi) is 7.54. The van der Waals surface area contributed by atoms with Crippen molar-refractivity contribution in [2.45, 2.75) is 11.9 Å². The van der Waals surface area contributed by atoms with Crippen LogP contribution in [0.25, 0.3) is 22.4 Å². The van der Waals surface area contributed by atoms with Crippen molar-refractivity contribution in [3.8, 4) is 28.5 Å². The smallest absolute Gasteiger partial charge is 0.234 e. The lowest BCUT2D eigenvalue weighted by Gasteiger charge is -2.13. The van der Waals surface area contributed by atoms with Gasteiger partial charge in [0.15, 0.2) is 0 Å². The SMILES string of the molecule is Cc1ccc(-c2cc(-c3ccccc3)c(C#N)c(SCC(=O)Nc3ccc(Cl)c(Cl)c3)n2)cc1. The molecular formula is C27H19Cl2N3OS. The van der Waals surface area contributed by atoms with Gasteiger partial charge in [0.05, 0.1) is 27.1 Å². The van der Waals surface area contributed by atoms with Crippen molar-refractivity contribution in [1.82, 2.24) is 4.98 Å². The third-order valence-corrected chi connectivity index (χ3v) is 6.79. The molecule has 0 saturated carbocycles. The summed E-state index contributed by atoms with van der Waals surface area (Å²) < 4.78 is 0. The topological polar surface area (TPSA) is 65.8 Å². The molecule has 34 heavy (non-hydrogen) atoms. The Morgan fingerprint density at radius 2 is 1.71 bits per heavy atom. The van der Waals surface area contributed by atoms with Crippen molar-refractivity contribution < 1.29 is 4.79 Å². The molecule has 3 aromatic carbocycles. The summed E-state index contributed by atoms with van der Waals surface area (Å²) in [5.74, 6) is -0.163. The average molecular weight is 504 g/mol. The third-order valence-electron chi connectivity index (χ3n) is 5.07. The van der Waals surface area contributed by atoms with E-state index in [0.717, 1.165) is 27.9 Å². The largest absolute Gasteiger partial charge is 0.325 e. The van der Waals surface area contributed by atoms with Gasteiger partial charge in [-0.1, -0.05) is 95.1 Å². The number of aryl methyl sites for hydroxylation is 1. The molecule has 0 radical (unpaired) electrons. The van der Waals surface area contributed by atoms with E-state index < -0.39 is 0 Å². The first-order valence-electron chi connectivity index (χ1n) is 10.4. The molecule has 0 unspecified atom stereocenters. The van der Waals surface area contributed by atoms with Crippen LogP contribution in [0.1, 0.15) is 11.1 Å². The molecule has 168 valence electrons. The molecule has 0 saturated heterocycles. The number of hydrogen-bond acceptors (Lipinski definition) is 4. The van der Waals surface area contributed by atoms with E-state index in [-0.39, 0.29) is 11.7 Å². The minimum absolute atomic E-state index is 0.0769. The van der Waals surface area contributed by atoms with E-state index in [1.807, 2.05) is 67.6 Å². The second-order valence-electron chi connectivity index (χ2n) is 7.54. The molecule has 4 nitrogen and oxygen atoms in total. The van der Waals surface area contributed by atoms with Gasteiger partial charge in [-0.15, -0.1) is 0 Å². The highest BCUT2D eigenvalue weighted by molar-refractivity contribution is 8.00. The number of aromatic nitrogens is 1. The fraction of sp³-hybridized carbons (Fsp3) is 0.0741. The molecule has 1 heterocycles. The zero-order chi connectivity index (χ0) is 24.1. The van der Waals surface area contributed by atoms with E-state index in [9.17, 15) is 10.1 Å². The molecule has 0 spiro atoms. The first-order valence-corrected chi connectivity index (χ1v) is 12.1. The molecule has 0 fully saturated rings. The van der Waals surface area contributed by atoms with Gasteiger partial charge in [0, 0.05) is 16.8 Å². The van der Waals surface area contributed by atoms with E-state index in [4.69, 9.17) is 28.2 Å². The monoisotopic (exact) mass is 503 g/mol. The number of rotatable bonds is 6. The predicted molar refractivity (Wildman–Crippen MR) is 140 cm³/mol. The molecule has 0 aliphatic carbocycles. The standard InChI is InChI=1S/C27H19Cl2N3OS/c1-17-7-9-19(10-8-17)25-14-21(18-5-3-2-4-6-18)22(15-30)27(32-25)34-16-26(33)31-20-11-12-23(28)24(29)13-20/h2-14H,16H2,1H3,(H,31,33). The van der Waals surface area contributed by atoms with Gasteiger partial charge >= 0.3 is 0 Å². The molecule has 0 atom stereocenters. The van der Waals surface area contributed by atoms with E-state index >= 15 is 0 Å². The summed E-state index contributed by atoms with van der Waals surface area (Å²) in [5.41, 5.74) is 5.51. The van der Waals surface area contributed by atoms with Crippen molar-refractivity contribution in [3.05, 3.63) is 100 Å². The first-order chi connectivity index (χ1) is 16.4. The maximum absolute atomic E-state index is 12.6. The van der Waals surface area contributed by atoms with Gasteiger partial charge in [0.1, 0.15) is 11.1 Å². The van der Waals surface area contributed by atoms with Crippen LogP contribution in [0.3, 0.4) is 0 Å². The Hall–Kier alpha value is -3.30.